The fraction of sp³-hybridized carbons (Fsp3) is 0.600. The van der Waals surface area contributed by atoms with E-state index in [0.29, 0.717) is 32.2 Å². The third-order valence-corrected chi connectivity index (χ3v) is 5.14. The molecule has 0 aromatic heterocycles. The molecule has 0 spiro atoms. The van der Waals surface area contributed by atoms with Crippen LogP contribution in [0.2, 0.25) is 0 Å². The first-order valence-corrected chi connectivity index (χ1v) is 9.18. The number of anilines is 1. The zero-order chi connectivity index (χ0) is 15.3. The zero-order valence-corrected chi connectivity index (χ0v) is 13.3. The Hall–Kier alpha value is -1.11. The molecule has 1 fully saturated rings. The van der Waals surface area contributed by atoms with Gasteiger partial charge in [0.2, 0.25) is 10.0 Å². The molecule has 1 unspecified atom stereocenters. The number of hydrogen-bond donors (Lipinski definition) is 1. The van der Waals surface area contributed by atoms with E-state index in [-0.39, 0.29) is 0 Å². The van der Waals surface area contributed by atoms with Crippen LogP contribution in [-0.4, -0.2) is 45.3 Å². The Morgan fingerprint density at radius 3 is 2.86 bits per heavy atom. The maximum absolute atomic E-state index is 11.6. The number of sulfonamides is 1. The van der Waals surface area contributed by atoms with Crippen LogP contribution >= 0.6 is 0 Å². The SMILES string of the molecule is CS(=O)(=O)N1CCCC(COCCc2ccccc2N)C1. The Morgan fingerprint density at radius 2 is 2.14 bits per heavy atom. The second kappa shape index (κ2) is 7.24. The van der Waals surface area contributed by atoms with Crippen molar-refractivity contribution in [3.63, 3.8) is 0 Å². The smallest absolute Gasteiger partial charge is 0.211 e. The minimum absolute atomic E-state index is 0.293. The fourth-order valence-electron chi connectivity index (χ4n) is 2.66. The number of rotatable bonds is 6. The van der Waals surface area contributed by atoms with Gasteiger partial charge in [-0.25, -0.2) is 12.7 Å². The summed E-state index contributed by atoms with van der Waals surface area (Å²) in [7, 11) is -3.08. The van der Waals surface area contributed by atoms with Gasteiger partial charge >= 0.3 is 0 Å². The van der Waals surface area contributed by atoms with Crippen molar-refractivity contribution in [2.45, 2.75) is 19.3 Å². The van der Waals surface area contributed by atoms with E-state index in [9.17, 15) is 8.42 Å². The minimum Gasteiger partial charge on any atom is -0.399 e. The predicted molar refractivity (Wildman–Crippen MR) is 84.5 cm³/mol. The van der Waals surface area contributed by atoms with Crippen molar-refractivity contribution in [2.24, 2.45) is 5.92 Å². The van der Waals surface area contributed by atoms with Crippen LogP contribution in [0, 0.1) is 5.92 Å². The quantitative estimate of drug-likeness (QED) is 0.638. The molecule has 1 aromatic carbocycles. The highest BCUT2D eigenvalue weighted by atomic mass is 32.2. The standard InChI is InChI=1S/C15H24N2O3S/c1-21(18,19)17-9-4-5-13(11-17)12-20-10-8-14-6-2-3-7-15(14)16/h2-3,6-7,13H,4-5,8-12,16H2,1H3. The summed E-state index contributed by atoms with van der Waals surface area (Å²) >= 11 is 0. The van der Waals surface area contributed by atoms with Crippen LogP contribution in [0.5, 0.6) is 0 Å². The lowest BCUT2D eigenvalue weighted by molar-refractivity contribution is 0.0799. The second-order valence-corrected chi connectivity index (χ2v) is 7.64. The number of nitrogens with two attached hydrogens (primary N) is 1. The van der Waals surface area contributed by atoms with Crippen LogP contribution in [-0.2, 0) is 21.2 Å². The maximum Gasteiger partial charge on any atom is 0.211 e. The lowest BCUT2D eigenvalue weighted by Gasteiger charge is -2.30. The Bertz CT molecular complexity index is 560. The first kappa shape index (κ1) is 16.3. The van der Waals surface area contributed by atoms with Crippen molar-refractivity contribution in [3.05, 3.63) is 29.8 Å². The van der Waals surface area contributed by atoms with Crippen molar-refractivity contribution in [1.29, 1.82) is 0 Å². The molecule has 1 heterocycles. The Morgan fingerprint density at radius 1 is 1.38 bits per heavy atom. The van der Waals surface area contributed by atoms with Gasteiger partial charge in [-0.05, 0) is 36.8 Å². The highest BCUT2D eigenvalue weighted by Gasteiger charge is 2.25. The molecule has 1 aliphatic heterocycles. The molecule has 0 saturated carbocycles. The third kappa shape index (κ3) is 4.98. The molecular weight excluding hydrogens is 288 g/mol. The summed E-state index contributed by atoms with van der Waals surface area (Å²) in [6.45, 7) is 2.44. The van der Waals surface area contributed by atoms with E-state index in [1.165, 1.54) is 6.26 Å². The maximum atomic E-state index is 11.6. The molecule has 0 radical (unpaired) electrons. The average molecular weight is 312 g/mol. The Labute approximate surface area is 127 Å². The summed E-state index contributed by atoms with van der Waals surface area (Å²) in [6, 6.07) is 7.78. The van der Waals surface area contributed by atoms with Gasteiger partial charge in [-0.1, -0.05) is 18.2 Å². The van der Waals surface area contributed by atoms with Crippen LogP contribution in [0.4, 0.5) is 5.69 Å². The summed E-state index contributed by atoms with van der Waals surface area (Å²) in [5.41, 5.74) is 7.77. The number of para-hydroxylation sites is 1. The number of hydrogen-bond acceptors (Lipinski definition) is 4. The highest BCUT2D eigenvalue weighted by molar-refractivity contribution is 7.88. The monoisotopic (exact) mass is 312 g/mol. The number of nitrogen functional groups attached to an aromatic ring is 1. The number of benzene rings is 1. The largest absolute Gasteiger partial charge is 0.399 e. The van der Waals surface area contributed by atoms with Gasteiger partial charge < -0.3 is 10.5 Å². The summed E-state index contributed by atoms with van der Waals surface area (Å²) in [5.74, 6) is 0.293. The van der Waals surface area contributed by atoms with Crippen LogP contribution in [0.15, 0.2) is 24.3 Å². The minimum atomic E-state index is -3.08. The summed E-state index contributed by atoms with van der Waals surface area (Å²) < 4.78 is 30.4. The van der Waals surface area contributed by atoms with Crippen molar-refractivity contribution in [1.82, 2.24) is 4.31 Å². The molecule has 5 nitrogen and oxygen atoms in total. The van der Waals surface area contributed by atoms with E-state index >= 15 is 0 Å². The molecule has 1 aliphatic rings. The van der Waals surface area contributed by atoms with E-state index < -0.39 is 10.0 Å². The molecule has 2 rings (SSSR count). The summed E-state index contributed by atoms with van der Waals surface area (Å²) in [4.78, 5) is 0. The number of ether oxygens (including phenoxy) is 1. The molecule has 2 N–H and O–H groups in total. The van der Waals surface area contributed by atoms with E-state index in [4.69, 9.17) is 10.5 Å². The molecular formula is C15H24N2O3S. The molecule has 1 saturated heterocycles. The van der Waals surface area contributed by atoms with Crippen molar-refractivity contribution in [2.75, 3.05) is 38.3 Å². The van der Waals surface area contributed by atoms with Gasteiger partial charge in [0.1, 0.15) is 0 Å². The molecule has 118 valence electrons. The van der Waals surface area contributed by atoms with Gasteiger partial charge in [0.25, 0.3) is 0 Å². The molecule has 21 heavy (non-hydrogen) atoms. The fourth-order valence-corrected chi connectivity index (χ4v) is 3.60. The molecule has 6 heteroatoms. The first-order valence-electron chi connectivity index (χ1n) is 7.33. The summed E-state index contributed by atoms with van der Waals surface area (Å²) in [6.07, 6.45) is 4.00. The predicted octanol–water partition coefficient (Wildman–Crippen LogP) is 1.50. The van der Waals surface area contributed by atoms with Crippen LogP contribution < -0.4 is 5.73 Å². The molecule has 0 aliphatic carbocycles. The highest BCUT2D eigenvalue weighted by Crippen LogP contribution is 2.19. The lowest BCUT2D eigenvalue weighted by atomic mass is 10.0. The van der Waals surface area contributed by atoms with E-state index in [0.717, 1.165) is 30.5 Å². The van der Waals surface area contributed by atoms with Crippen molar-refractivity contribution >= 4 is 15.7 Å². The first-order chi connectivity index (χ1) is 9.97. The molecule has 0 bridgehead atoms. The topological polar surface area (TPSA) is 72.6 Å². The lowest BCUT2D eigenvalue weighted by Crippen LogP contribution is -2.40. The van der Waals surface area contributed by atoms with Crippen LogP contribution in [0.25, 0.3) is 0 Å². The van der Waals surface area contributed by atoms with Gasteiger partial charge in [0.15, 0.2) is 0 Å². The zero-order valence-electron chi connectivity index (χ0n) is 12.5. The average Bonchev–Trinajstić information content (AvgIpc) is 2.45. The number of piperidine rings is 1. The normalized spacial score (nSPS) is 20.5. The number of nitrogens with zero attached hydrogens (tertiary/aromatic N) is 1. The van der Waals surface area contributed by atoms with Gasteiger partial charge in [-0.2, -0.15) is 0 Å². The molecule has 1 atom stereocenters. The van der Waals surface area contributed by atoms with Crippen LogP contribution in [0.3, 0.4) is 0 Å². The third-order valence-electron chi connectivity index (χ3n) is 3.88. The second-order valence-electron chi connectivity index (χ2n) is 5.65. The Kier molecular flexibility index (Phi) is 5.61. The molecule has 0 amide bonds. The van der Waals surface area contributed by atoms with E-state index in [1.54, 1.807) is 4.31 Å². The van der Waals surface area contributed by atoms with Crippen molar-refractivity contribution in [3.8, 4) is 0 Å². The summed E-state index contributed by atoms with van der Waals surface area (Å²) in [5, 5.41) is 0. The molecule has 1 aromatic rings. The van der Waals surface area contributed by atoms with Crippen LogP contribution in [0.1, 0.15) is 18.4 Å². The Balaban J connectivity index is 1.73. The van der Waals surface area contributed by atoms with Crippen molar-refractivity contribution < 1.29 is 13.2 Å². The van der Waals surface area contributed by atoms with Gasteiger partial charge in [-0.15, -0.1) is 0 Å². The van der Waals surface area contributed by atoms with Gasteiger partial charge in [0, 0.05) is 18.8 Å². The van der Waals surface area contributed by atoms with Gasteiger partial charge in [-0.3, -0.25) is 0 Å². The van der Waals surface area contributed by atoms with E-state index in [2.05, 4.69) is 0 Å². The van der Waals surface area contributed by atoms with Gasteiger partial charge in [0.05, 0.1) is 19.5 Å². The van der Waals surface area contributed by atoms with E-state index in [1.807, 2.05) is 24.3 Å².